The van der Waals surface area contributed by atoms with Crippen molar-refractivity contribution < 1.29 is 8.42 Å². The van der Waals surface area contributed by atoms with E-state index in [1.54, 1.807) is 13.1 Å². The van der Waals surface area contributed by atoms with Gasteiger partial charge in [0, 0.05) is 30.6 Å². The van der Waals surface area contributed by atoms with Gasteiger partial charge in [0.05, 0.1) is 10.5 Å². The molecule has 0 aliphatic rings. The smallest absolute Gasteiger partial charge is 0.260 e. The number of rotatable bonds is 7. The van der Waals surface area contributed by atoms with E-state index >= 15 is 0 Å². The predicted octanol–water partition coefficient (Wildman–Crippen LogP) is 2.05. The minimum absolute atomic E-state index is 0.133. The normalized spacial score (nSPS) is 12.2. The van der Waals surface area contributed by atoms with E-state index in [0.29, 0.717) is 16.4 Å². The Morgan fingerprint density at radius 3 is 2.86 bits per heavy atom. The Kier molecular flexibility index (Phi) is 5.39. The van der Waals surface area contributed by atoms with Crippen LogP contribution >= 0.6 is 22.9 Å². The predicted molar refractivity (Wildman–Crippen MR) is 84.0 cm³/mol. The van der Waals surface area contributed by atoms with Crippen molar-refractivity contribution in [1.29, 1.82) is 0 Å². The van der Waals surface area contributed by atoms with E-state index in [2.05, 4.69) is 15.5 Å². The maximum Gasteiger partial charge on any atom is 0.260 e. The van der Waals surface area contributed by atoms with Crippen LogP contribution in [0.25, 0.3) is 0 Å². The second kappa shape index (κ2) is 6.89. The Labute approximate surface area is 133 Å². The average Bonchev–Trinajstić information content (AvgIpc) is 3.05. The minimum atomic E-state index is -3.61. The van der Waals surface area contributed by atoms with Gasteiger partial charge in [-0.2, -0.15) is 9.40 Å². The number of thiophene rings is 1. The maximum absolute atomic E-state index is 12.6. The van der Waals surface area contributed by atoms with Crippen molar-refractivity contribution >= 4 is 33.0 Å². The van der Waals surface area contributed by atoms with Crippen LogP contribution in [0.15, 0.2) is 23.4 Å². The lowest BCUT2D eigenvalue weighted by Crippen LogP contribution is -2.28. The van der Waals surface area contributed by atoms with Crippen LogP contribution in [0.2, 0.25) is 4.34 Å². The van der Waals surface area contributed by atoms with E-state index in [0.717, 1.165) is 11.4 Å². The van der Waals surface area contributed by atoms with Gasteiger partial charge >= 0.3 is 0 Å². The molecule has 2 rings (SSSR count). The number of nitrogens with one attached hydrogen (secondary N) is 2. The van der Waals surface area contributed by atoms with Crippen LogP contribution in [0.3, 0.4) is 0 Å². The fourth-order valence-corrected chi connectivity index (χ4v) is 4.27. The van der Waals surface area contributed by atoms with Gasteiger partial charge in [0.2, 0.25) is 0 Å². The van der Waals surface area contributed by atoms with Crippen LogP contribution in [-0.4, -0.2) is 36.5 Å². The van der Waals surface area contributed by atoms with Crippen molar-refractivity contribution in [3.63, 3.8) is 0 Å². The number of H-pyrrole nitrogens is 1. The molecule has 0 aliphatic heterocycles. The lowest BCUT2D eigenvalue weighted by molar-refractivity contribution is 0.465. The standard InChI is InChI=1S/C12H17ClN4O2S2/c1-3-14-6-9-7-15-16-12(9)21(18,19)17(2)8-10-4-5-11(13)20-10/h4-5,7,14H,3,6,8H2,1-2H3,(H,15,16). The third-order valence-corrected chi connectivity index (χ3v) is 5.95. The monoisotopic (exact) mass is 348 g/mol. The van der Waals surface area contributed by atoms with E-state index in [4.69, 9.17) is 11.6 Å². The molecule has 9 heteroatoms. The topological polar surface area (TPSA) is 78.1 Å². The average molecular weight is 349 g/mol. The molecule has 2 aromatic heterocycles. The molecule has 2 heterocycles. The van der Waals surface area contributed by atoms with Crippen molar-refractivity contribution in [2.75, 3.05) is 13.6 Å². The van der Waals surface area contributed by atoms with Gasteiger partial charge in [0.15, 0.2) is 5.03 Å². The Balaban J connectivity index is 2.19. The number of aromatic nitrogens is 2. The summed E-state index contributed by atoms with van der Waals surface area (Å²) in [6, 6.07) is 3.58. The third kappa shape index (κ3) is 3.83. The maximum atomic E-state index is 12.6. The molecule has 116 valence electrons. The van der Waals surface area contributed by atoms with E-state index < -0.39 is 10.0 Å². The number of aromatic amines is 1. The van der Waals surface area contributed by atoms with Crippen LogP contribution in [0, 0.1) is 0 Å². The van der Waals surface area contributed by atoms with Crippen LogP contribution in [-0.2, 0) is 23.1 Å². The van der Waals surface area contributed by atoms with Crippen LogP contribution in [0.4, 0.5) is 0 Å². The molecular formula is C12H17ClN4O2S2. The van der Waals surface area contributed by atoms with Gasteiger partial charge in [-0.15, -0.1) is 11.3 Å². The molecule has 0 amide bonds. The molecule has 0 radical (unpaired) electrons. The largest absolute Gasteiger partial charge is 0.313 e. The van der Waals surface area contributed by atoms with Gasteiger partial charge in [-0.3, -0.25) is 5.10 Å². The summed E-state index contributed by atoms with van der Waals surface area (Å²) in [5, 5.41) is 9.66. The first kappa shape index (κ1) is 16.4. The Morgan fingerprint density at radius 2 is 2.24 bits per heavy atom. The molecule has 0 saturated heterocycles. The number of nitrogens with zero attached hydrogens (tertiary/aromatic N) is 2. The van der Waals surface area contributed by atoms with Gasteiger partial charge in [-0.1, -0.05) is 18.5 Å². The summed E-state index contributed by atoms with van der Waals surface area (Å²) in [5.74, 6) is 0. The third-order valence-electron chi connectivity index (χ3n) is 2.92. The molecule has 0 saturated carbocycles. The summed E-state index contributed by atoms with van der Waals surface area (Å²) in [5.41, 5.74) is 0.632. The van der Waals surface area contributed by atoms with Crippen LogP contribution < -0.4 is 5.32 Å². The lowest BCUT2D eigenvalue weighted by atomic mass is 10.3. The molecule has 6 nitrogen and oxygen atoms in total. The lowest BCUT2D eigenvalue weighted by Gasteiger charge is -2.16. The minimum Gasteiger partial charge on any atom is -0.313 e. The summed E-state index contributed by atoms with van der Waals surface area (Å²) in [6.45, 7) is 3.45. The molecule has 0 spiro atoms. The molecule has 0 bridgehead atoms. The number of hydrogen-bond donors (Lipinski definition) is 2. The first-order valence-electron chi connectivity index (χ1n) is 6.38. The molecule has 2 aromatic rings. The highest BCUT2D eigenvalue weighted by Crippen LogP contribution is 2.25. The highest BCUT2D eigenvalue weighted by Gasteiger charge is 2.26. The van der Waals surface area contributed by atoms with E-state index in [1.165, 1.54) is 21.8 Å². The van der Waals surface area contributed by atoms with Gasteiger partial charge in [-0.05, 0) is 18.7 Å². The van der Waals surface area contributed by atoms with E-state index in [1.807, 2.05) is 13.0 Å². The van der Waals surface area contributed by atoms with Crippen LogP contribution in [0.1, 0.15) is 17.4 Å². The summed E-state index contributed by atoms with van der Waals surface area (Å²) < 4.78 is 27.1. The summed E-state index contributed by atoms with van der Waals surface area (Å²) in [7, 11) is -2.06. The zero-order chi connectivity index (χ0) is 15.5. The Bertz CT molecular complexity index is 696. The number of sulfonamides is 1. The van der Waals surface area contributed by atoms with Crippen molar-refractivity contribution in [3.05, 3.63) is 33.1 Å². The fourth-order valence-electron chi connectivity index (χ4n) is 1.81. The quantitative estimate of drug-likeness (QED) is 0.802. The molecule has 2 N–H and O–H groups in total. The fraction of sp³-hybridized carbons (Fsp3) is 0.417. The van der Waals surface area contributed by atoms with Gasteiger partial charge < -0.3 is 5.32 Å². The summed E-state index contributed by atoms with van der Waals surface area (Å²) >= 11 is 7.23. The Hall–Kier alpha value is -0.930. The molecule has 0 fully saturated rings. The molecule has 0 atom stereocenters. The second-order valence-electron chi connectivity index (χ2n) is 4.47. The molecule has 0 unspecified atom stereocenters. The SMILES string of the molecule is CCNCc1cn[nH]c1S(=O)(=O)N(C)Cc1ccc(Cl)s1. The Morgan fingerprint density at radius 1 is 1.48 bits per heavy atom. The second-order valence-corrected chi connectivity index (χ2v) is 8.25. The zero-order valence-electron chi connectivity index (χ0n) is 11.8. The first-order chi connectivity index (χ1) is 9.95. The summed E-state index contributed by atoms with van der Waals surface area (Å²) in [6.07, 6.45) is 1.53. The van der Waals surface area contributed by atoms with Crippen molar-refractivity contribution in [3.8, 4) is 0 Å². The van der Waals surface area contributed by atoms with Crippen molar-refractivity contribution in [1.82, 2.24) is 19.8 Å². The first-order valence-corrected chi connectivity index (χ1v) is 9.02. The molecule has 21 heavy (non-hydrogen) atoms. The zero-order valence-corrected chi connectivity index (χ0v) is 14.1. The van der Waals surface area contributed by atoms with E-state index in [9.17, 15) is 8.42 Å². The molecule has 0 aromatic carbocycles. The molecule has 0 aliphatic carbocycles. The number of hydrogen-bond acceptors (Lipinski definition) is 5. The van der Waals surface area contributed by atoms with Gasteiger partial charge in [0.1, 0.15) is 0 Å². The van der Waals surface area contributed by atoms with Gasteiger partial charge in [0.25, 0.3) is 10.0 Å². The highest BCUT2D eigenvalue weighted by molar-refractivity contribution is 7.89. The summed E-state index contributed by atoms with van der Waals surface area (Å²) in [4.78, 5) is 0.888. The van der Waals surface area contributed by atoms with Gasteiger partial charge in [-0.25, -0.2) is 8.42 Å². The van der Waals surface area contributed by atoms with Crippen molar-refractivity contribution in [2.45, 2.75) is 25.0 Å². The van der Waals surface area contributed by atoms with Crippen LogP contribution in [0.5, 0.6) is 0 Å². The molecular weight excluding hydrogens is 332 g/mol. The highest BCUT2D eigenvalue weighted by atomic mass is 35.5. The van der Waals surface area contributed by atoms with E-state index in [-0.39, 0.29) is 11.6 Å². The van der Waals surface area contributed by atoms with Crippen molar-refractivity contribution in [2.24, 2.45) is 0 Å². The number of halogens is 1.